The quantitative estimate of drug-likeness (QED) is 0.835. The molecule has 0 amide bonds. The van der Waals surface area contributed by atoms with Gasteiger partial charge in [0.1, 0.15) is 0 Å². The molecule has 4 nitrogen and oxygen atoms in total. The molecule has 0 unspecified atom stereocenters. The Morgan fingerprint density at radius 3 is 2.60 bits per heavy atom. The highest BCUT2D eigenvalue weighted by Gasteiger charge is 2.22. The minimum Gasteiger partial charge on any atom is -0.398 e. The largest absolute Gasteiger partial charge is 0.398 e. The van der Waals surface area contributed by atoms with Crippen molar-refractivity contribution in [3.63, 3.8) is 0 Å². The third-order valence-electron chi connectivity index (χ3n) is 3.01. The summed E-state index contributed by atoms with van der Waals surface area (Å²) >= 11 is 4.81. The lowest BCUT2D eigenvalue weighted by atomic mass is 10.3. The van der Waals surface area contributed by atoms with Gasteiger partial charge >= 0.3 is 0 Å². The SMILES string of the molecule is Cc1ccsc1CN(C)S(=O)(=O)c1ccc(N)c(Br)c1. The van der Waals surface area contributed by atoms with Crippen LogP contribution >= 0.6 is 27.3 Å². The number of halogens is 1. The van der Waals surface area contributed by atoms with E-state index in [0.29, 0.717) is 16.7 Å². The van der Waals surface area contributed by atoms with E-state index < -0.39 is 10.0 Å². The van der Waals surface area contributed by atoms with Crippen LogP contribution in [0.25, 0.3) is 0 Å². The van der Waals surface area contributed by atoms with Crippen LogP contribution in [0.4, 0.5) is 5.69 Å². The van der Waals surface area contributed by atoms with Crippen LogP contribution in [-0.4, -0.2) is 19.8 Å². The summed E-state index contributed by atoms with van der Waals surface area (Å²) < 4.78 is 26.9. The summed E-state index contributed by atoms with van der Waals surface area (Å²) in [6.07, 6.45) is 0. The molecule has 7 heteroatoms. The van der Waals surface area contributed by atoms with Crippen LogP contribution < -0.4 is 5.73 Å². The molecule has 0 saturated heterocycles. The normalized spacial score (nSPS) is 12.0. The van der Waals surface area contributed by atoms with Crippen LogP contribution in [0.1, 0.15) is 10.4 Å². The van der Waals surface area contributed by atoms with E-state index in [1.807, 2.05) is 18.4 Å². The second kappa shape index (κ2) is 5.85. The third-order valence-corrected chi connectivity index (χ3v) is 6.51. The lowest BCUT2D eigenvalue weighted by Crippen LogP contribution is -2.26. The Morgan fingerprint density at radius 2 is 2.05 bits per heavy atom. The number of nitrogens with two attached hydrogens (primary N) is 1. The van der Waals surface area contributed by atoms with Gasteiger partial charge in [-0.15, -0.1) is 11.3 Å². The maximum absolute atomic E-state index is 12.5. The van der Waals surface area contributed by atoms with Crippen LogP contribution in [0.2, 0.25) is 0 Å². The molecule has 1 heterocycles. The number of hydrogen-bond donors (Lipinski definition) is 1. The van der Waals surface area contributed by atoms with Gasteiger partial charge in [-0.1, -0.05) is 0 Å². The summed E-state index contributed by atoms with van der Waals surface area (Å²) in [5.74, 6) is 0. The Hall–Kier alpha value is -0.890. The lowest BCUT2D eigenvalue weighted by molar-refractivity contribution is 0.469. The van der Waals surface area contributed by atoms with Crippen molar-refractivity contribution in [2.24, 2.45) is 0 Å². The van der Waals surface area contributed by atoms with Crippen molar-refractivity contribution in [2.45, 2.75) is 18.4 Å². The first-order chi connectivity index (χ1) is 9.32. The minimum absolute atomic E-state index is 0.232. The zero-order valence-electron chi connectivity index (χ0n) is 11.1. The van der Waals surface area contributed by atoms with E-state index in [0.717, 1.165) is 10.4 Å². The topological polar surface area (TPSA) is 63.4 Å². The number of hydrogen-bond acceptors (Lipinski definition) is 4. The molecule has 1 aromatic heterocycles. The fraction of sp³-hybridized carbons (Fsp3) is 0.231. The summed E-state index contributed by atoms with van der Waals surface area (Å²) in [7, 11) is -1.93. The number of aryl methyl sites for hydroxylation is 1. The van der Waals surface area contributed by atoms with Crippen molar-refractivity contribution in [3.8, 4) is 0 Å². The van der Waals surface area contributed by atoms with Gasteiger partial charge in [0.05, 0.1) is 4.90 Å². The third kappa shape index (κ3) is 3.06. The molecule has 0 aliphatic carbocycles. The molecule has 1 aromatic carbocycles. The van der Waals surface area contributed by atoms with E-state index in [4.69, 9.17) is 5.73 Å². The molecule has 0 radical (unpaired) electrons. The molecule has 2 rings (SSSR count). The first kappa shape index (κ1) is 15.5. The molecule has 2 aromatic rings. The average molecular weight is 375 g/mol. The molecular weight excluding hydrogens is 360 g/mol. The Labute approximate surface area is 131 Å². The van der Waals surface area contributed by atoms with Crippen molar-refractivity contribution >= 4 is 43.0 Å². The van der Waals surface area contributed by atoms with E-state index in [-0.39, 0.29) is 4.90 Å². The zero-order chi connectivity index (χ0) is 14.9. The first-order valence-electron chi connectivity index (χ1n) is 5.86. The molecule has 0 saturated carbocycles. The second-order valence-electron chi connectivity index (χ2n) is 4.47. The van der Waals surface area contributed by atoms with Crippen molar-refractivity contribution in [3.05, 3.63) is 44.6 Å². The molecule has 0 atom stereocenters. The number of sulfonamides is 1. The van der Waals surface area contributed by atoms with E-state index in [2.05, 4.69) is 15.9 Å². The highest BCUT2D eigenvalue weighted by molar-refractivity contribution is 9.10. The Balaban J connectivity index is 2.29. The Bertz CT molecular complexity index is 726. The fourth-order valence-corrected chi connectivity index (χ4v) is 4.44. The maximum atomic E-state index is 12.5. The van der Waals surface area contributed by atoms with Gasteiger partial charge in [-0.3, -0.25) is 0 Å². The summed E-state index contributed by atoms with van der Waals surface area (Å²) in [6.45, 7) is 2.35. The predicted molar refractivity (Wildman–Crippen MR) is 86.3 cm³/mol. The predicted octanol–water partition coefficient (Wildman–Crippen LogP) is 3.22. The number of nitrogen functional groups attached to an aromatic ring is 1. The van der Waals surface area contributed by atoms with Gasteiger partial charge in [0.2, 0.25) is 10.0 Å². The minimum atomic E-state index is -3.52. The summed E-state index contributed by atoms with van der Waals surface area (Å²) in [4.78, 5) is 1.28. The van der Waals surface area contributed by atoms with Gasteiger partial charge < -0.3 is 5.73 Å². The Kier molecular flexibility index (Phi) is 4.53. The van der Waals surface area contributed by atoms with Crippen LogP contribution in [0.3, 0.4) is 0 Å². The fourth-order valence-electron chi connectivity index (χ4n) is 1.70. The van der Waals surface area contributed by atoms with Crippen LogP contribution in [0.5, 0.6) is 0 Å². The zero-order valence-corrected chi connectivity index (χ0v) is 14.3. The number of rotatable bonds is 4. The number of nitrogens with zero attached hydrogens (tertiary/aromatic N) is 1. The maximum Gasteiger partial charge on any atom is 0.243 e. The Morgan fingerprint density at radius 1 is 1.35 bits per heavy atom. The van der Waals surface area contributed by atoms with Crippen LogP contribution in [0.15, 0.2) is 39.0 Å². The van der Waals surface area contributed by atoms with Crippen LogP contribution in [-0.2, 0) is 16.6 Å². The van der Waals surface area contributed by atoms with Gasteiger partial charge in [-0.05, 0) is 58.1 Å². The van der Waals surface area contributed by atoms with Gasteiger partial charge in [0.15, 0.2) is 0 Å². The second-order valence-corrected chi connectivity index (χ2v) is 8.37. The molecule has 2 N–H and O–H groups in total. The van der Waals surface area contributed by atoms with E-state index in [1.54, 1.807) is 24.5 Å². The smallest absolute Gasteiger partial charge is 0.243 e. The molecule has 0 bridgehead atoms. The van der Waals surface area contributed by atoms with Gasteiger partial charge in [0, 0.05) is 28.6 Å². The van der Waals surface area contributed by atoms with Gasteiger partial charge in [-0.25, -0.2) is 8.42 Å². The highest BCUT2D eigenvalue weighted by atomic mass is 79.9. The van der Waals surface area contributed by atoms with Crippen molar-refractivity contribution in [1.29, 1.82) is 0 Å². The van der Waals surface area contributed by atoms with E-state index in [9.17, 15) is 8.42 Å². The van der Waals surface area contributed by atoms with E-state index in [1.165, 1.54) is 16.4 Å². The van der Waals surface area contributed by atoms with Crippen molar-refractivity contribution in [1.82, 2.24) is 4.31 Å². The number of anilines is 1. The monoisotopic (exact) mass is 374 g/mol. The van der Waals surface area contributed by atoms with Crippen molar-refractivity contribution in [2.75, 3.05) is 12.8 Å². The summed E-state index contributed by atoms with van der Waals surface area (Å²) in [6, 6.07) is 6.62. The number of thiophene rings is 1. The number of benzene rings is 1. The van der Waals surface area contributed by atoms with Crippen LogP contribution in [0, 0.1) is 6.92 Å². The lowest BCUT2D eigenvalue weighted by Gasteiger charge is -2.17. The molecule has 0 fully saturated rings. The summed E-state index contributed by atoms with van der Waals surface area (Å²) in [5, 5.41) is 1.96. The molecule has 0 aliphatic heterocycles. The standard InChI is InChI=1S/C13H15BrN2O2S2/c1-9-5-6-19-13(9)8-16(2)20(17,18)10-3-4-12(15)11(14)7-10/h3-7H,8,15H2,1-2H3. The first-order valence-corrected chi connectivity index (χ1v) is 8.98. The van der Waals surface area contributed by atoms with Crippen molar-refractivity contribution < 1.29 is 8.42 Å². The summed E-state index contributed by atoms with van der Waals surface area (Å²) in [5.41, 5.74) is 7.31. The van der Waals surface area contributed by atoms with Gasteiger partial charge in [-0.2, -0.15) is 4.31 Å². The van der Waals surface area contributed by atoms with E-state index >= 15 is 0 Å². The molecule has 108 valence electrons. The molecule has 0 aliphatic rings. The molecule has 0 spiro atoms. The highest BCUT2D eigenvalue weighted by Crippen LogP contribution is 2.26. The van der Waals surface area contributed by atoms with Gasteiger partial charge in [0.25, 0.3) is 0 Å². The average Bonchev–Trinajstić information content (AvgIpc) is 2.78. The molecular formula is C13H15BrN2O2S2. The molecule has 20 heavy (non-hydrogen) atoms.